The van der Waals surface area contributed by atoms with Gasteiger partial charge in [-0.25, -0.2) is 4.98 Å². The van der Waals surface area contributed by atoms with E-state index in [9.17, 15) is 0 Å². The smallest absolute Gasteiger partial charge is 0.399 e. The van der Waals surface area contributed by atoms with Crippen LogP contribution in [0.2, 0.25) is 0 Å². The van der Waals surface area contributed by atoms with Crippen molar-refractivity contribution in [1.82, 2.24) is 9.97 Å². The van der Waals surface area contributed by atoms with Crippen molar-refractivity contribution in [2.24, 2.45) is 0 Å². The van der Waals surface area contributed by atoms with Crippen LogP contribution in [0.25, 0.3) is 54.6 Å². The molecule has 0 N–H and O–H groups in total. The van der Waals surface area contributed by atoms with Crippen molar-refractivity contribution in [3.63, 3.8) is 0 Å². The number of aromatic nitrogens is 2. The highest BCUT2D eigenvalue weighted by Crippen LogP contribution is 2.40. The fourth-order valence-corrected chi connectivity index (χ4v) is 5.41. The van der Waals surface area contributed by atoms with Crippen LogP contribution in [0.3, 0.4) is 0 Å². The van der Waals surface area contributed by atoms with Gasteiger partial charge >= 0.3 is 7.12 Å². The standard InChI is InChI=1S/C32H27BN2O2/c1-31(2)32(3,4)37-33(36-31)23-15-17-24-26(19-23)35-29(21-9-6-5-7-10-21)25-16-14-20-12-13-22-11-8-18-34-30(22)27(20)28(24)25/h5-19H,1-4H3. The molecule has 7 rings (SSSR count). The number of rotatable bonds is 2. The minimum atomic E-state index is -0.443. The molecule has 6 aromatic rings. The predicted octanol–water partition coefficient (Wildman–Crippen LogP) is 7.06. The summed E-state index contributed by atoms with van der Waals surface area (Å²) >= 11 is 0. The molecule has 2 aromatic heterocycles. The Hall–Kier alpha value is -3.80. The van der Waals surface area contributed by atoms with E-state index in [1.54, 1.807) is 0 Å². The second kappa shape index (κ2) is 7.85. The van der Waals surface area contributed by atoms with E-state index >= 15 is 0 Å². The Kier molecular flexibility index (Phi) is 4.75. The lowest BCUT2D eigenvalue weighted by molar-refractivity contribution is 0.00578. The van der Waals surface area contributed by atoms with E-state index in [1.807, 2.05) is 18.3 Å². The Balaban J connectivity index is 1.58. The lowest BCUT2D eigenvalue weighted by Crippen LogP contribution is -2.41. The summed E-state index contributed by atoms with van der Waals surface area (Å²) in [5, 5.41) is 6.84. The zero-order chi connectivity index (χ0) is 25.4. The quantitative estimate of drug-likeness (QED) is 0.196. The van der Waals surface area contributed by atoms with Crippen LogP contribution >= 0.6 is 0 Å². The molecule has 0 radical (unpaired) electrons. The van der Waals surface area contributed by atoms with Crippen LogP contribution in [-0.4, -0.2) is 28.3 Å². The summed E-state index contributed by atoms with van der Waals surface area (Å²) in [6, 6.07) is 29.6. The normalized spacial score (nSPS) is 16.8. The van der Waals surface area contributed by atoms with Gasteiger partial charge in [-0.15, -0.1) is 0 Å². The van der Waals surface area contributed by atoms with E-state index in [2.05, 4.69) is 100 Å². The highest BCUT2D eigenvalue weighted by Gasteiger charge is 2.51. The van der Waals surface area contributed by atoms with Gasteiger partial charge in [0.2, 0.25) is 0 Å². The lowest BCUT2D eigenvalue weighted by atomic mass is 9.78. The molecule has 4 nitrogen and oxygen atoms in total. The predicted molar refractivity (Wildman–Crippen MR) is 153 cm³/mol. The summed E-state index contributed by atoms with van der Waals surface area (Å²) in [5.74, 6) is 0. The van der Waals surface area contributed by atoms with Crippen molar-refractivity contribution >= 4 is 55.9 Å². The Morgan fingerprint density at radius 1 is 0.676 bits per heavy atom. The number of hydrogen-bond acceptors (Lipinski definition) is 4. The summed E-state index contributed by atoms with van der Waals surface area (Å²) in [7, 11) is -0.443. The molecule has 37 heavy (non-hydrogen) atoms. The second-order valence-electron chi connectivity index (χ2n) is 10.9. The third kappa shape index (κ3) is 3.38. The summed E-state index contributed by atoms with van der Waals surface area (Å²) in [5.41, 5.74) is 4.14. The monoisotopic (exact) mass is 482 g/mol. The molecule has 1 aliphatic heterocycles. The molecule has 0 saturated carbocycles. The van der Waals surface area contributed by atoms with Crippen molar-refractivity contribution in [2.75, 3.05) is 0 Å². The molecule has 1 aliphatic rings. The average Bonchev–Trinajstić information content (AvgIpc) is 3.14. The maximum atomic E-state index is 6.37. The molecule has 5 heteroatoms. The largest absolute Gasteiger partial charge is 0.494 e. The van der Waals surface area contributed by atoms with Gasteiger partial charge in [0.25, 0.3) is 0 Å². The van der Waals surface area contributed by atoms with E-state index in [-0.39, 0.29) is 0 Å². The average molecular weight is 482 g/mol. The molecule has 0 atom stereocenters. The maximum Gasteiger partial charge on any atom is 0.494 e. The van der Waals surface area contributed by atoms with Gasteiger partial charge in [0.15, 0.2) is 0 Å². The maximum absolute atomic E-state index is 6.37. The molecular weight excluding hydrogens is 455 g/mol. The number of nitrogens with zero attached hydrogens (tertiary/aromatic N) is 2. The van der Waals surface area contributed by atoms with E-state index in [4.69, 9.17) is 19.3 Å². The van der Waals surface area contributed by atoms with Gasteiger partial charge in [0.1, 0.15) is 0 Å². The zero-order valence-electron chi connectivity index (χ0n) is 21.4. The van der Waals surface area contributed by atoms with Gasteiger partial charge < -0.3 is 9.31 Å². The molecule has 0 amide bonds. The van der Waals surface area contributed by atoms with Crippen LogP contribution < -0.4 is 5.46 Å². The molecule has 1 fully saturated rings. The minimum Gasteiger partial charge on any atom is -0.399 e. The van der Waals surface area contributed by atoms with Gasteiger partial charge in [-0.05, 0) is 50.7 Å². The van der Waals surface area contributed by atoms with E-state index < -0.39 is 18.3 Å². The van der Waals surface area contributed by atoms with Gasteiger partial charge in [-0.2, -0.15) is 0 Å². The Labute approximate surface area is 216 Å². The highest BCUT2D eigenvalue weighted by molar-refractivity contribution is 6.62. The van der Waals surface area contributed by atoms with Gasteiger partial charge in [-0.3, -0.25) is 4.98 Å². The first-order valence-corrected chi connectivity index (χ1v) is 12.8. The van der Waals surface area contributed by atoms with Crippen LogP contribution in [0.4, 0.5) is 0 Å². The molecule has 0 bridgehead atoms. The van der Waals surface area contributed by atoms with Crippen LogP contribution in [0.1, 0.15) is 27.7 Å². The Morgan fingerprint density at radius 2 is 1.38 bits per heavy atom. The highest BCUT2D eigenvalue weighted by atomic mass is 16.7. The Bertz CT molecular complexity index is 1830. The lowest BCUT2D eigenvalue weighted by Gasteiger charge is -2.32. The van der Waals surface area contributed by atoms with Crippen molar-refractivity contribution in [3.8, 4) is 11.3 Å². The van der Waals surface area contributed by atoms with Gasteiger partial charge in [0, 0.05) is 38.7 Å². The zero-order valence-corrected chi connectivity index (χ0v) is 21.4. The van der Waals surface area contributed by atoms with Crippen LogP contribution in [-0.2, 0) is 9.31 Å². The third-order valence-corrected chi connectivity index (χ3v) is 8.11. The van der Waals surface area contributed by atoms with Crippen molar-refractivity contribution in [2.45, 2.75) is 38.9 Å². The molecule has 3 heterocycles. The summed E-state index contributed by atoms with van der Waals surface area (Å²) in [6.07, 6.45) is 1.87. The fraction of sp³-hybridized carbons (Fsp3) is 0.188. The number of fused-ring (bicyclic) bond motifs is 7. The summed E-state index contributed by atoms with van der Waals surface area (Å²) < 4.78 is 12.7. The number of benzene rings is 4. The first-order chi connectivity index (χ1) is 17.8. The van der Waals surface area contributed by atoms with Crippen molar-refractivity contribution in [1.29, 1.82) is 0 Å². The van der Waals surface area contributed by atoms with Crippen LogP contribution in [0, 0.1) is 0 Å². The fourth-order valence-electron chi connectivity index (χ4n) is 5.41. The Morgan fingerprint density at radius 3 is 2.16 bits per heavy atom. The molecule has 0 spiro atoms. The summed E-state index contributed by atoms with van der Waals surface area (Å²) in [6.45, 7) is 8.32. The molecule has 0 aliphatic carbocycles. The van der Waals surface area contributed by atoms with Crippen molar-refractivity contribution in [3.05, 3.63) is 91.1 Å². The van der Waals surface area contributed by atoms with E-state index in [0.717, 1.165) is 49.3 Å². The number of pyridine rings is 2. The van der Waals surface area contributed by atoms with Gasteiger partial charge in [0.05, 0.1) is 27.9 Å². The molecular formula is C32H27BN2O2. The molecule has 0 unspecified atom stereocenters. The topological polar surface area (TPSA) is 44.2 Å². The molecule has 180 valence electrons. The third-order valence-electron chi connectivity index (χ3n) is 8.11. The number of hydrogen-bond donors (Lipinski definition) is 0. The first-order valence-electron chi connectivity index (χ1n) is 12.8. The molecule has 1 saturated heterocycles. The van der Waals surface area contributed by atoms with Gasteiger partial charge in [-0.1, -0.05) is 72.8 Å². The van der Waals surface area contributed by atoms with Crippen LogP contribution in [0.15, 0.2) is 91.1 Å². The van der Waals surface area contributed by atoms with E-state index in [1.165, 1.54) is 10.8 Å². The van der Waals surface area contributed by atoms with E-state index in [0.29, 0.717) is 0 Å². The van der Waals surface area contributed by atoms with Crippen LogP contribution in [0.5, 0.6) is 0 Å². The first kappa shape index (κ1) is 22.4. The molecule has 4 aromatic carbocycles. The summed E-state index contributed by atoms with van der Waals surface area (Å²) in [4.78, 5) is 10.1. The minimum absolute atomic E-state index is 0.403. The van der Waals surface area contributed by atoms with Crippen molar-refractivity contribution < 1.29 is 9.31 Å². The SMILES string of the molecule is CC1(C)OB(c2ccc3c(c2)nc(-c2ccccc2)c2ccc4ccc5cccnc5c4c23)OC1(C)C. The second-order valence-corrected chi connectivity index (χ2v) is 10.9.